The number of nitrogens with one attached hydrogen (secondary N) is 1. The number of aryl methyl sites for hydroxylation is 2. The second-order valence-corrected chi connectivity index (χ2v) is 4.69. The maximum absolute atomic E-state index is 4.69. The van der Waals surface area contributed by atoms with Gasteiger partial charge in [0.2, 0.25) is 0 Å². The summed E-state index contributed by atoms with van der Waals surface area (Å²) in [5, 5.41) is 3.36. The molecule has 0 radical (unpaired) electrons. The number of aromatic nitrogens is 4. The van der Waals surface area contributed by atoms with Crippen LogP contribution in [0.4, 0.5) is 0 Å². The first-order chi connectivity index (χ1) is 9.28. The third kappa shape index (κ3) is 2.33. The molecule has 2 aromatic rings. The molecule has 2 aromatic heterocycles. The average molecular weight is 255 g/mol. The third-order valence-corrected chi connectivity index (χ3v) is 3.36. The number of nitrogens with zero attached hydrogens (tertiary/aromatic N) is 4. The highest BCUT2D eigenvalue weighted by Crippen LogP contribution is 2.20. The lowest BCUT2D eigenvalue weighted by Gasteiger charge is -2.19. The fraction of sp³-hybridized carbons (Fsp3) is 0.429. The molecule has 0 fully saturated rings. The van der Waals surface area contributed by atoms with E-state index in [1.807, 2.05) is 13.0 Å². The van der Waals surface area contributed by atoms with Crippen molar-refractivity contribution in [3.8, 4) is 11.5 Å². The van der Waals surface area contributed by atoms with Crippen molar-refractivity contribution >= 4 is 0 Å². The molecule has 5 nitrogen and oxygen atoms in total. The Kier molecular flexibility index (Phi) is 3.21. The molecule has 3 rings (SSSR count). The Bertz CT molecular complexity index is 592. The van der Waals surface area contributed by atoms with Gasteiger partial charge in [-0.3, -0.25) is 0 Å². The second kappa shape index (κ2) is 5.01. The van der Waals surface area contributed by atoms with Gasteiger partial charge in [-0.05, 0) is 37.9 Å². The van der Waals surface area contributed by atoms with Gasteiger partial charge in [0, 0.05) is 18.4 Å². The Hall–Kier alpha value is -1.88. The fourth-order valence-corrected chi connectivity index (χ4v) is 2.42. The van der Waals surface area contributed by atoms with Crippen LogP contribution in [0.1, 0.15) is 29.7 Å². The normalized spacial score (nSPS) is 14.2. The first kappa shape index (κ1) is 12.2. The largest absolute Gasteiger partial charge is 0.311 e. The lowest BCUT2D eigenvalue weighted by atomic mass is 10.0. The van der Waals surface area contributed by atoms with Gasteiger partial charge in [0.15, 0.2) is 5.82 Å². The molecule has 0 saturated heterocycles. The highest BCUT2D eigenvalue weighted by Gasteiger charge is 2.17. The Balaban J connectivity index is 2.12. The van der Waals surface area contributed by atoms with Crippen LogP contribution in [0.2, 0.25) is 0 Å². The third-order valence-electron chi connectivity index (χ3n) is 3.36. The Labute approximate surface area is 112 Å². The Morgan fingerprint density at radius 3 is 2.95 bits per heavy atom. The van der Waals surface area contributed by atoms with E-state index in [0.717, 1.165) is 48.8 Å². The fourth-order valence-electron chi connectivity index (χ4n) is 2.42. The van der Waals surface area contributed by atoms with E-state index in [-0.39, 0.29) is 0 Å². The molecule has 0 unspecified atom stereocenters. The van der Waals surface area contributed by atoms with Gasteiger partial charge < -0.3 is 5.32 Å². The molecule has 1 aliphatic rings. The summed E-state index contributed by atoms with van der Waals surface area (Å²) in [6.07, 6.45) is 3.70. The predicted octanol–water partition coefficient (Wildman–Crippen LogP) is 1.45. The second-order valence-electron chi connectivity index (χ2n) is 4.69. The van der Waals surface area contributed by atoms with Gasteiger partial charge in [0.1, 0.15) is 11.5 Å². The standard InChI is InChI=1S/C14H17N5/c1-3-11-10-4-6-15-8-13(10)19-14(18-11)12-5-7-16-9(2)17-12/h5,7,15H,3-4,6,8H2,1-2H3. The van der Waals surface area contributed by atoms with E-state index in [1.165, 1.54) is 5.56 Å². The van der Waals surface area contributed by atoms with Crippen LogP contribution in [0, 0.1) is 6.92 Å². The average Bonchev–Trinajstić information content (AvgIpc) is 2.46. The van der Waals surface area contributed by atoms with E-state index in [1.54, 1.807) is 6.20 Å². The van der Waals surface area contributed by atoms with Crippen LogP contribution in [-0.2, 0) is 19.4 Å². The molecule has 1 N–H and O–H groups in total. The molecule has 0 aliphatic carbocycles. The summed E-state index contributed by atoms with van der Waals surface area (Å²) >= 11 is 0. The lowest BCUT2D eigenvalue weighted by Crippen LogP contribution is -2.26. The number of rotatable bonds is 2. The van der Waals surface area contributed by atoms with Crippen molar-refractivity contribution in [2.24, 2.45) is 0 Å². The van der Waals surface area contributed by atoms with Crippen molar-refractivity contribution in [2.75, 3.05) is 6.54 Å². The first-order valence-corrected chi connectivity index (χ1v) is 6.67. The van der Waals surface area contributed by atoms with Gasteiger partial charge in [0.25, 0.3) is 0 Å². The van der Waals surface area contributed by atoms with Crippen LogP contribution in [0.3, 0.4) is 0 Å². The zero-order chi connectivity index (χ0) is 13.2. The molecule has 0 spiro atoms. The highest BCUT2D eigenvalue weighted by molar-refractivity contribution is 5.50. The van der Waals surface area contributed by atoms with Gasteiger partial charge in [-0.2, -0.15) is 0 Å². The van der Waals surface area contributed by atoms with Crippen LogP contribution >= 0.6 is 0 Å². The summed E-state index contributed by atoms with van der Waals surface area (Å²) in [7, 11) is 0. The minimum atomic E-state index is 0.713. The molecule has 1 aliphatic heterocycles. The highest BCUT2D eigenvalue weighted by atomic mass is 15.0. The molecule has 3 heterocycles. The molecule has 5 heteroatoms. The number of fused-ring (bicyclic) bond motifs is 1. The molecule has 19 heavy (non-hydrogen) atoms. The minimum Gasteiger partial charge on any atom is -0.311 e. The summed E-state index contributed by atoms with van der Waals surface area (Å²) in [5.74, 6) is 1.46. The molecule has 0 bridgehead atoms. The van der Waals surface area contributed by atoms with Gasteiger partial charge in [-0.1, -0.05) is 6.92 Å². The van der Waals surface area contributed by atoms with Crippen molar-refractivity contribution in [1.29, 1.82) is 0 Å². The zero-order valence-corrected chi connectivity index (χ0v) is 11.3. The van der Waals surface area contributed by atoms with Crippen LogP contribution in [0.15, 0.2) is 12.3 Å². The molecular formula is C14H17N5. The monoisotopic (exact) mass is 255 g/mol. The quantitative estimate of drug-likeness (QED) is 0.880. The van der Waals surface area contributed by atoms with Crippen molar-refractivity contribution in [3.63, 3.8) is 0 Å². The van der Waals surface area contributed by atoms with Crippen molar-refractivity contribution < 1.29 is 0 Å². The van der Waals surface area contributed by atoms with Crippen LogP contribution in [0.5, 0.6) is 0 Å². The summed E-state index contributed by atoms with van der Waals surface area (Å²) < 4.78 is 0. The topological polar surface area (TPSA) is 63.6 Å². The van der Waals surface area contributed by atoms with Crippen LogP contribution < -0.4 is 5.32 Å². The van der Waals surface area contributed by atoms with E-state index in [2.05, 4.69) is 32.2 Å². The lowest BCUT2D eigenvalue weighted by molar-refractivity contribution is 0.616. The van der Waals surface area contributed by atoms with Crippen molar-refractivity contribution in [1.82, 2.24) is 25.3 Å². The maximum Gasteiger partial charge on any atom is 0.178 e. The summed E-state index contributed by atoms with van der Waals surface area (Å²) in [5.41, 5.74) is 4.38. The molecule has 0 amide bonds. The van der Waals surface area contributed by atoms with E-state index >= 15 is 0 Å². The predicted molar refractivity (Wildman–Crippen MR) is 72.6 cm³/mol. The summed E-state index contributed by atoms with van der Waals surface area (Å²) in [6, 6.07) is 1.87. The van der Waals surface area contributed by atoms with E-state index in [9.17, 15) is 0 Å². The summed E-state index contributed by atoms with van der Waals surface area (Å²) in [6.45, 7) is 5.85. The summed E-state index contributed by atoms with van der Waals surface area (Å²) in [4.78, 5) is 17.9. The molecular weight excluding hydrogens is 238 g/mol. The van der Waals surface area contributed by atoms with Gasteiger partial charge in [-0.15, -0.1) is 0 Å². The number of hydrogen-bond donors (Lipinski definition) is 1. The van der Waals surface area contributed by atoms with E-state index in [4.69, 9.17) is 0 Å². The van der Waals surface area contributed by atoms with Crippen molar-refractivity contribution in [3.05, 3.63) is 35.0 Å². The smallest absolute Gasteiger partial charge is 0.178 e. The van der Waals surface area contributed by atoms with Crippen molar-refractivity contribution in [2.45, 2.75) is 33.2 Å². The van der Waals surface area contributed by atoms with E-state index < -0.39 is 0 Å². The van der Waals surface area contributed by atoms with Gasteiger partial charge >= 0.3 is 0 Å². The maximum atomic E-state index is 4.69. The Morgan fingerprint density at radius 2 is 2.16 bits per heavy atom. The number of hydrogen-bond acceptors (Lipinski definition) is 5. The molecule has 0 saturated carbocycles. The zero-order valence-electron chi connectivity index (χ0n) is 11.3. The van der Waals surface area contributed by atoms with E-state index in [0.29, 0.717) is 5.82 Å². The molecule has 0 atom stereocenters. The Morgan fingerprint density at radius 1 is 1.26 bits per heavy atom. The van der Waals surface area contributed by atoms with Gasteiger partial charge in [-0.25, -0.2) is 19.9 Å². The first-order valence-electron chi connectivity index (χ1n) is 6.67. The molecule has 98 valence electrons. The molecule has 0 aromatic carbocycles. The van der Waals surface area contributed by atoms with Gasteiger partial charge in [0.05, 0.1) is 5.69 Å². The van der Waals surface area contributed by atoms with Crippen LogP contribution in [-0.4, -0.2) is 26.5 Å². The van der Waals surface area contributed by atoms with Crippen LogP contribution in [0.25, 0.3) is 11.5 Å². The SMILES string of the molecule is CCc1nc(-c2ccnc(C)n2)nc2c1CCNC2. The minimum absolute atomic E-state index is 0.713.